The van der Waals surface area contributed by atoms with Crippen LogP contribution in [0.25, 0.3) is 0 Å². The van der Waals surface area contributed by atoms with Crippen molar-refractivity contribution >= 4 is 27.3 Å². The number of carbonyl (C=O) groups is 1. The third-order valence-electron chi connectivity index (χ3n) is 6.51. The van der Waals surface area contributed by atoms with Crippen LogP contribution in [0.1, 0.15) is 5.56 Å². The second-order valence-electron chi connectivity index (χ2n) is 8.90. The van der Waals surface area contributed by atoms with E-state index in [1.807, 2.05) is 0 Å². The van der Waals surface area contributed by atoms with Gasteiger partial charge >= 0.3 is 6.18 Å². The topological polar surface area (TPSA) is 79.4 Å². The number of hydrogen-bond donors (Lipinski definition) is 0. The summed E-state index contributed by atoms with van der Waals surface area (Å²) in [5.41, 5.74) is -0.719. The van der Waals surface area contributed by atoms with Gasteiger partial charge in [0, 0.05) is 37.9 Å². The number of para-hydroxylation sites is 1. The van der Waals surface area contributed by atoms with Gasteiger partial charge in [0.25, 0.3) is 10.0 Å². The molecule has 0 aromatic heterocycles. The highest BCUT2D eigenvalue weighted by Gasteiger charge is 2.33. The number of halogens is 4. The second kappa shape index (κ2) is 11.6. The van der Waals surface area contributed by atoms with Crippen LogP contribution in [0.3, 0.4) is 0 Å². The number of alkyl halides is 3. The normalized spacial score (nSPS) is 14.2. The molecule has 40 heavy (non-hydrogen) atoms. The molecule has 0 saturated carbocycles. The van der Waals surface area contributed by atoms with Crippen LogP contribution in [-0.2, 0) is 21.0 Å². The van der Waals surface area contributed by atoms with Crippen molar-refractivity contribution in [2.45, 2.75) is 11.1 Å². The molecule has 0 radical (unpaired) electrons. The highest BCUT2D eigenvalue weighted by molar-refractivity contribution is 7.92. The minimum absolute atomic E-state index is 0.133. The molecule has 0 atom stereocenters. The van der Waals surface area contributed by atoms with Crippen molar-refractivity contribution in [2.75, 3.05) is 56.1 Å². The number of carbonyl (C=O) groups excluding carboxylic acids is 1. The van der Waals surface area contributed by atoms with Crippen molar-refractivity contribution in [1.29, 1.82) is 0 Å². The maximum Gasteiger partial charge on any atom is 0.416 e. The summed E-state index contributed by atoms with van der Waals surface area (Å²) in [5, 5.41) is 0. The van der Waals surface area contributed by atoms with Gasteiger partial charge in [-0.1, -0.05) is 18.2 Å². The molecule has 1 aliphatic rings. The van der Waals surface area contributed by atoms with E-state index in [1.54, 1.807) is 11.0 Å². The Bertz CT molecular complexity index is 1470. The van der Waals surface area contributed by atoms with Crippen molar-refractivity contribution in [3.63, 3.8) is 0 Å². The van der Waals surface area contributed by atoms with Gasteiger partial charge in [-0.3, -0.25) is 9.10 Å². The first-order valence-corrected chi connectivity index (χ1v) is 13.6. The van der Waals surface area contributed by atoms with Crippen molar-refractivity contribution in [3.05, 3.63) is 78.1 Å². The summed E-state index contributed by atoms with van der Waals surface area (Å²) in [7, 11) is -1.72. The zero-order valence-corrected chi connectivity index (χ0v) is 22.5. The van der Waals surface area contributed by atoms with Gasteiger partial charge in [-0.2, -0.15) is 13.2 Å². The second-order valence-corrected chi connectivity index (χ2v) is 10.8. The minimum Gasteiger partial charge on any atom is -0.493 e. The summed E-state index contributed by atoms with van der Waals surface area (Å²) in [6.07, 6.45) is -4.48. The molecule has 3 aromatic rings. The van der Waals surface area contributed by atoms with E-state index in [4.69, 9.17) is 9.47 Å². The number of sulfonamides is 1. The first-order chi connectivity index (χ1) is 19.0. The van der Waals surface area contributed by atoms with Gasteiger partial charge in [-0.15, -0.1) is 0 Å². The lowest BCUT2D eigenvalue weighted by Crippen LogP contribution is -2.52. The average Bonchev–Trinajstić information content (AvgIpc) is 2.95. The molecular formula is C27H27F4N3O5S. The molecule has 4 rings (SSSR count). The van der Waals surface area contributed by atoms with Crippen molar-refractivity contribution < 1.29 is 40.2 Å². The number of hydrogen-bond acceptors (Lipinski definition) is 6. The molecule has 3 aromatic carbocycles. The fourth-order valence-corrected chi connectivity index (χ4v) is 5.81. The fraction of sp³-hybridized carbons (Fsp3) is 0.296. The van der Waals surface area contributed by atoms with E-state index in [0.717, 1.165) is 18.2 Å². The Morgan fingerprint density at radius 2 is 1.57 bits per heavy atom. The van der Waals surface area contributed by atoms with E-state index in [0.29, 0.717) is 9.99 Å². The number of benzene rings is 3. The Morgan fingerprint density at radius 3 is 2.20 bits per heavy atom. The minimum atomic E-state index is -4.48. The Labute approximate surface area is 229 Å². The molecule has 13 heteroatoms. The van der Waals surface area contributed by atoms with Crippen LogP contribution in [0.15, 0.2) is 71.6 Å². The summed E-state index contributed by atoms with van der Waals surface area (Å²) in [4.78, 5) is 16.2. The molecule has 1 heterocycles. The number of anilines is 2. The summed E-state index contributed by atoms with van der Waals surface area (Å²) in [5.74, 6) is -1.01. The fourth-order valence-electron chi connectivity index (χ4n) is 4.37. The first-order valence-electron chi connectivity index (χ1n) is 12.1. The van der Waals surface area contributed by atoms with Gasteiger partial charge in [0.15, 0.2) is 11.5 Å². The van der Waals surface area contributed by atoms with E-state index in [1.165, 1.54) is 61.6 Å². The molecule has 214 valence electrons. The molecule has 0 bridgehead atoms. The number of amides is 1. The summed E-state index contributed by atoms with van der Waals surface area (Å²) in [6, 6.07) is 14.0. The van der Waals surface area contributed by atoms with Crippen LogP contribution in [0.2, 0.25) is 0 Å². The summed E-state index contributed by atoms with van der Waals surface area (Å²) < 4.78 is 92.7. The SMILES string of the molecule is COc1ccc(S(=O)(=O)N(CC(=O)N2CCN(c3cccc(C(F)(F)F)c3)CC2)c2ccccc2F)cc1OC. The van der Waals surface area contributed by atoms with E-state index in [-0.39, 0.29) is 48.3 Å². The molecule has 0 spiro atoms. The van der Waals surface area contributed by atoms with Crippen molar-refractivity contribution in [1.82, 2.24) is 4.90 Å². The molecule has 0 unspecified atom stereocenters. The van der Waals surface area contributed by atoms with Gasteiger partial charge < -0.3 is 19.3 Å². The number of methoxy groups -OCH3 is 2. The Balaban J connectivity index is 1.56. The van der Waals surface area contributed by atoms with Crippen LogP contribution >= 0.6 is 0 Å². The lowest BCUT2D eigenvalue weighted by atomic mass is 10.1. The summed E-state index contributed by atoms with van der Waals surface area (Å²) >= 11 is 0. The quantitative estimate of drug-likeness (QED) is 0.367. The van der Waals surface area contributed by atoms with Crippen LogP contribution in [-0.4, -0.2) is 66.2 Å². The predicted molar refractivity (Wildman–Crippen MR) is 141 cm³/mol. The van der Waals surface area contributed by atoms with Crippen LogP contribution in [0.5, 0.6) is 11.5 Å². The largest absolute Gasteiger partial charge is 0.493 e. The molecule has 0 aliphatic carbocycles. The third kappa shape index (κ3) is 6.09. The maximum absolute atomic E-state index is 14.8. The monoisotopic (exact) mass is 581 g/mol. The maximum atomic E-state index is 14.8. The third-order valence-corrected chi connectivity index (χ3v) is 8.27. The lowest BCUT2D eigenvalue weighted by molar-refractivity contribution is -0.137. The Morgan fingerprint density at radius 1 is 0.900 bits per heavy atom. The molecule has 1 fully saturated rings. The number of nitrogens with zero attached hydrogens (tertiary/aromatic N) is 3. The molecule has 0 N–H and O–H groups in total. The Hall–Kier alpha value is -4.00. The standard InChI is InChI=1S/C27H27F4N3O5S/c1-38-24-11-10-21(17-25(24)39-2)40(36,37)34(23-9-4-3-8-22(23)28)18-26(35)33-14-12-32(13-15-33)20-7-5-6-19(16-20)27(29,30)31/h3-11,16-17H,12-15,18H2,1-2H3. The highest BCUT2D eigenvalue weighted by Crippen LogP contribution is 2.34. The van der Waals surface area contributed by atoms with Gasteiger partial charge in [0.1, 0.15) is 12.4 Å². The highest BCUT2D eigenvalue weighted by atomic mass is 32.2. The molecule has 1 aliphatic heterocycles. The van der Waals surface area contributed by atoms with E-state index in [2.05, 4.69) is 0 Å². The summed E-state index contributed by atoms with van der Waals surface area (Å²) in [6.45, 7) is 0.0404. The average molecular weight is 582 g/mol. The zero-order chi connectivity index (χ0) is 29.1. The van der Waals surface area contributed by atoms with Gasteiger partial charge in [0.2, 0.25) is 5.91 Å². The van der Waals surface area contributed by atoms with E-state index in [9.17, 15) is 30.8 Å². The molecular weight excluding hydrogens is 554 g/mol. The number of ether oxygens (including phenoxy) is 2. The van der Waals surface area contributed by atoms with E-state index < -0.39 is 40.0 Å². The van der Waals surface area contributed by atoms with E-state index >= 15 is 0 Å². The van der Waals surface area contributed by atoms with Gasteiger partial charge in [-0.25, -0.2) is 12.8 Å². The van der Waals surface area contributed by atoms with Crippen LogP contribution in [0.4, 0.5) is 28.9 Å². The number of rotatable bonds is 8. The predicted octanol–water partition coefficient (Wildman–Crippen LogP) is 4.41. The van der Waals surface area contributed by atoms with Gasteiger partial charge in [-0.05, 0) is 42.5 Å². The first kappa shape index (κ1) is 29.0. The molecule has 1 saturated heterocycles. The smallest absolute Gasteiger partial charge is 0.416 e. The van der Waals surface area contributed by atoms with Crippen molar-refractivity contribution in [3.8, 4) is 11.5 Å². The lowest BCUT2D eigenvalue weighted by Gasteiger charge is -2.37. The molecule has 1 amide bonds. The zero-order valence-electron chi connectivity index (χ0n) is 21.7. The van der Waals surface area contributed by atoms with Crippen LogP contribution < -0.4 is 18.7 Å². The van der Waals surface area contributed by atoms with Gasteiger partial charge in [0.05, 0.1) is 30.4 Å². The Kier molecular flexibility index (Phi) is 8.43. The number of piperazine rings is 1. The molecule has 8 nitrogen and oxygen atoms in total. The van der Waals surface area contributed by atoms with Crippen LogP contribution in [0, 0.1) is 5.82 Å². The van der Waals surface area contributed by atoms with Crippen molar-refractivity contribution in [2.24, 2.45) is 0 Å².